The molecule has 0 spiro atoms. The van der Waals surface area contributed by atoms with Gasteiger partial charge in [-0.05, 0) is 37.2 Å². The number of H-pyrrole nitrogens is 1. The molecule has 144 valence electrons. The maximum absolute atomic E-state index is 12.8. The molecule has 6 heteroatoms. The summed E-state index contributed by atoms with van der Waals surface area (Å²) in [6, 6.07) is 1.80. The minimum Gasteiger partial charge on any atom is -0.344 e. The van der Waals surface area contributed by atoms with Crippen molar-refractivity contribution in [2.75, 3.05) is 0 Å². The Morgan fingerprint density at radius 1 is 1.30 bits per heavy atom. The Balaban J connectivity index is 1.59. The van der Waals surface area contributed by atoms with E-state index in [0.29, 0.717) is 11.6 Å². The lowest BCUT2D eigenvalue weighted by atomic mass is 9.74. The van der Waals surface area contributed by atoms with E-state index < -0.39 is 0 Å². The molecule has 0 aliphatic heterocycles. The summed E-state index contributed by atoms with van der Waals surface area (Å²) >= 11 is 0. The van der Waals surface area contributed by atoms with Crippen molar-refractivity contribution in [3.63, 3.8) is 0 Å². The second-order valence-corrected chi connectivity index (χ2v) is 9.90. The number of carbonyl (C=O) groups excluding carboxylic acids is 1. The van der Waals surface area contributed by atoms with Gasteiger partial charge in [0.2, 0.25) is 0 Å². The van der Waals surface area contributed by atoms with Crippen molar-refractivity contribution < 1.29 is 4.79 Å². The summed E-state index contributed by atoms with van der Waals surface area (Å²) < 4.78 is 0. The van der Waals surface area contributed by atoms with Crippen molar-refractivity contribution in [1.82, 2.24) is 25.5 Å². The zero-order valence-corrected chi connectivity index (χ0v) is 16.9. The molecule has 2 aliphatic carbocycles. The summed E-state index contributed by atoms with van der Waals surface area (Å²) in [7, 11) is 0. The van der Waals surface area contributed by atoms with Crippen LogP contribution in [0, 0.1) is 5.41 Å². The zero-order chi connectivity index (χ0) is 19.4. The van der Waals surface area contributed by atoms with E-state index in [2.05, 4.69) is 55.1 Å². The fourth-order valence-corrected chi connectivity index (χ4v) is 3.83. The van der Waals surface area contributed by atoms with E-state index >= 15 is 0 Å². The van der Waals surface area contributed by atoms with Gasteiger partial charge in [0.25, 0.3) is 5.91 Å². The van der Waals surface area contributed by atoms with Gasteiger partial charge in [0.1, 0.15) is 11.5 Å². The van der Waals surface area contributed by atoms with Crippen LogP contribution in [0.5, 0.6) is 0 Å². The first kappa shape index (κ1) is 18.1. The number of amides is 1. The molecular formula is C21H29N5O. The first-order valence-electron chi connectivity index (χ1n) is 9.85. The third-order valence-electron chi connectivity index (χ3n) is 5.50. The maximum atomic E-state index is 12.8. The lowest BCUT2D eigenvalue weighted by molar-refractivity contribution is 0.0913. The highest BCUT2D eigenvalue weighted by atomic mass is 16.2. The van der Waals surface area contributed by atoms with E-state index in [1.54, 1.807) is 0 Å². The first-order chi connectivity index (χ1) is 12.6. The summed E-state index contributed by atoms with van der Waals surface area (Å²) in [5, 5.41) is 10.4. The molecule has 4 rings (SSSR count). The van der Waals surface area contributed by atoms with Crippen LogP contribution in [0.3, 0.4) is 0 Å². The molecule has 2 aromatic rings. The zero-order valence-electron chi connectivity index (χ0n) is 16.9. The van der Waals surface area contributed by atoms with Crippen molar-refractivity contribution >= 4 is 5.91 Å². The van der Waals surface area contributed by atoms with Gasteiger partial charge < -0.3 is 5.32 Å². The quantitative estimate of drug-likeness (QED) is 0.864. The monoisotopic (exact) mass is 367 g/mol. The Kier molecular flexibility index (Phi) is 4.13. The summed E-state index contributed by atoms with van der Waals surface area (Å²) in [6.07, 6.45) is 6.03. The Morgan fingerprint density at radius 2 is 2.04 bits per heavy atom. The van der Waals surface area contributed by atoms with Gasteiger partial charge in [0, 0.05) is 34.5 Å². The van der Waals surface area contributed by atoms with E-state index in [9.17, 15) is 4.79 Å². The molecule has 0 radical (unpaired) electrons. The molecule has 2 aliphatic rings. The summed E-state index contributed by atoms with van der Waals surface area (Å²) in [5.41, 5.74) is 3.60. The fraction of sp³-hybridized carbons (Fsp3) is 0.619. The van der Waals surface area contributed by atoms with Gasteiger partial charge in [-0.15, -0.1) is 0 Å². The molecule has 2 N–H and O–H groups in total. The van der Waals surface area contributed by atoms with Gasteiger partial charge in [-0.1, -0.05) is 34.6 Å². The minimum atomic E-state index is -0.133. The van der Waals surface area contributed by atoms with Crippen molar-refractivity contribution in [1.29, 1.82) is 0 Å². The number of nitrogens with one attached hydrogen (secondary N) is 2. The number of fused-ring (bicyclic) bond motifs is 1. The number of carbonyl (C=O) groups is 1. The van der Waals surface area contributed by atoms with Gasteiger partial charge in [0.05, 0.1) is 6.04 Å². The summed E-state index contributed by atoms with van der Waals surface area (Å²) in [6.45, 7) is 10.8. The molecule has 6 nitrogen and oxygen atoms in total. The molecule has 0 saturated heterocycles. The van der Waals surface area contributed by atoms with Crippen LogP contribution in [0.15, 0.2) is 12.3 Å². The van der Waals surface area contributed by atoms with Crippen LogP contribution in [0.4, 0.5) is 0 Å². The average Bonchev–Trinajstić information content (AvgIpc) is 3.29. The predicted octanol–water partition coefficient (Wildman–Crippen LogP) is 3.82. The number of hydrogen-bond donors (Lipinski definition) is 2. The Labute approximate surface area is 160 Å². The fourth-order valence-electron chi connectivity index (χ4n) is 3.83. The molecular weight excluding hydrogens is 338 g/mol. The molecule has 27 heavy (non-hydrogen) atoms. The van der Waals surface area contributed by atoms with E-state index in [1.807, 2.05) is 12.3 Å². The minimum absolute atomic E-state index is 0.0687. The predicted molar refractivity (Wildman–Crippen MR) is 104 cm³/mol. The Bertz CT molecular complexity index is 873. The third-order valence-corrected chi connectivity index (χ3v) is 5.50. The topological polar surface area (TPSA) is 83.6 Å². The first-order valence-corrected chi connectivity index (χ1v) is 9.85. The van der Waals surface area contributed by atoms with Crippen LogP contribution in [0.25, 0.3) is 0 Å². The van der Waals surface area contributed by atoms with Crippen LogP contribution in [-0.4, -0.2) is 26.1 Å². The summed E-state index contributed by atoms with van der Waals surface area (Å²) in [5.74, 6) is 1.27. The normalized spacial score (nSPS) is 21.6. The van der Waals surface area contributed by atoms with Gasteiger partial charge in [-0.2, -0.15) is 5.10 Å². The van der Waals surface area contributed by atoms with Crippen LogP contribution in [0.1, 0.15) is 99.1 Å². The molecule has 2 aromatic heterocycles. The van der Waals surface area contributed by atoms with E-state index in [0.717, 1.165) is 35.6 Å². The molecule has 1 saturated carbocycles. The number of aromatic amines is 1. The van der Waals surface area contributed by atoms with Crippen molar-refractivity contribution in [3.05, 3.63) is 40.7 Å². The van der Waals surface area contributed by atoms with Gasteiger partial charge in [0.15, 0.2) is 0 Å². The van der Waals surface area contributed by atoms with Crippen LogP contribution in [-0.2, 0) is 11.8 Å². The highest BCUT2D eigenvalue weighted by molar-refractivity contribution is 5.92. The number of nitrogens with zero attached hydrogens (tertiary/aromatic N) is 3. The Hall–Kier alpha value is -2.24. The Morgan fingerprint density at radius 3 is 2.70 bits per heavy atom. The van der Waals surface area contributed by atoms with Crippen LogP contribution < -0.4 is 5.32 Å². The molecule has 2 heterocycles. The van der Waals surface area contributed by atoms with Gasteiger partial charge >= 0.3 is 0 Å². The largest absolute Gasteiger partial charge is 0.344 e. The van der Waals surface area contributed by atoms with Crippen molar-refractivity contribution in [2.24, 2.45) is 5.41 Å². The lowest BCUT2D eigenvalue weighted by Crippen LogP contribution is -2.37. The van der Waals surface area contributed by atoms with Crippen LogP contribution in [0.2, 0.25) is 0 Å². The molecule has 1 amide bonds. The number of hydrogen-bond acceptors (Lipinski definition) is 4. The van der Waals surface area contributed by atoms with Gasteiger partial charge in [-0.25, -0.2) is 9.97 Å². The van der Waals surface area contributed by atoms with Crippen molar-refractivity contribution in [3.8, 4) is 0 Å². The van der Waals surface area contributed by atoms with Gasteiger partial charge in [-0.3, -0.25) is 9.89 Å². The maximum Gasteiger partial charge on any atom is 0.272 e. The van der Waals surface area contributed by atoms with E-state index in [4.69, 9.17) is 4.98 Å². The SMILES string of the molecule is CC1(C)Cc2nc(C(C)(C)C)ncc2C(NC(=O)c2cc(C3CC3)[nH]n2)C1. The highest BCUT2D eigenvalue weighted by Gasteiger charge is 2.36. The number of rotatable bonds is 3. The molecule has 0 bridgehead atoms. The average molecular weight is 367 g/mol. The molecule has 1 fully saturated rings. The highest BCUT2D eigenvalue weighted by Crippen LogP contribution is 2.41. The van der Waals surface area contributed by atoms with Crippen LogP contribution >= 0.6 is 0 Å². The summed E-state index contributed by atoms with van der Waals surface area (Å²) in [4.78, 5) is 22.2. The second kappa shape index (κ2) is 6.14. The van der Waals surface area contributed by atoms with E-state index in [-0.39, 0.29) is 22.8 Å². The molecule has 1 atom stereocenters. The van der Waals surface area contributed by atoms with Crippen molar-refractivity contribution in [2.45, 2.75) is 77.7 Å². The molecule has 0 aromatic carbocycles. The number of aromatic nitrogens is 4. The smallest absolute Gasteiger partial charge is 0.272 e. The third kappa shape index (κ3) is 3.75. The molecule has 1 unspecified atom stereocenters. The second-order valence-electron chi connectivity index (χ2n) is 9.90. The van der Waals surface area contributed by atoms with E-state index in [1.165, 1.54) is 12.8 Å². The lowest BCUT2D eigenvalue weighted by Gasteiger charge is -2.37. The standard InChI is InChI=1S/C21H29N5O/c1-20(2,3)19-22-11-13-16(9-21(4,5)10-17(13)24-19)23-18(27)15-8-14(25-26-15)12-6-7-12/h8,11-12,16H,6-7,9-10H2,1-5H3,(H,23,27)(H,25,26).